The summed E-state index contributed by atoms with van der Waals surface area (Å²) in [7, 11) is 0. The van der Waals surface area contributed by atoms with Gasteiger partial charge in [-0.3, -0.25) is 4.79 Å². The number of amides is 1. The van der Waals surface area contributed by atoms with E-state index in [1.165, 1.54) is 24.3 Å². The second-order valence-corrected chi connectivity index (χ2v) is 3.78. The first kappa shape index (κ1) is 7.63. The van der Waals surface area contributed by atoms with Crippen molar-refractivity contribution in [3.05, 3.63) is 41.2 Å². The minimum absolute atomic E-state index is 0.0692. The first-order valence-corrected chi connectivity index (χ1v) is 5.03. The summed E-state index contributed by atoms with van der Waals surface area (Å²) in [5.74, 6) is -3.02. The van der Waals surface area contributed by atoms with E-state index in [0.717, 1.165) is 0 Å². The number of alkyl halides is 1. The normalized spacial score (nSPS) is 16.0. The average molecular weight is 238 g/mol. The second-order valence-electron chi connectivity index (χ2n) is 3.59. The van der Waals surface area contributed by atoms with E-state index >= 15 is 0 Å². The molecule has 80 valence electrons. The summed E-state index contributed by atoms with van der Waals surface area (Å²) in [6.07, 6.45) is 0. The Balaban J connectivity index is 2.45. The van der Waals surface area contributed by atoms with Crippen LogP contribution in [0.25, 0.3) is 10.8 Å². The molecule has 0 radical (unpaired) electrons. The first-order chi connectivity index (χ1) is 8.38. The molecule has 1 aliphatic heterocycles. The van der Waals surface area contributed by atoms with Crippen molar-refractivity contribution >= 4 is 34.0 Å². The van der Waals surface area contributed by atoms with E-state index < -0.39 is 11.6 Å². The van der Waals surface area contributed by atoms with Gasteiger partial charge in [-0.15, -0.1) is 11.6 Å². The third kappa shape index (κ3) is 1.15. The fraction of sp³-hybridized carbons (Fsp3) is 0.0833. The topological polar surface area (TPSA) is 29.1 Å². The van der Waals surface area contributed by atoms with Crippen LogP contribution in [0.5, 0.6) is 0 Å². The summed E-state index contributed by atoms with van der Waals surface area (Å²) in [6.45, 7) is 0. The Bertz CT molecular complexity index is 697. The lowest BCUT2D eigenvalue weighted by atomic mass is 10.0. The third-order valence-corrected chi connectivity index (χ3v) is 2.88. The van der Waals surface area contributed by atoms with Gasteiger partial charge in [0.1, 0.15) is 5.82 Å². The van der Waals surface area contributed by atoms with Crippen LogP contribution >= 0.6 is 11.6 Å². The van der Waals surface area contributed by atoms with E-state index in [2.05, 4.69) is 5.32 Å². The van der Waals surface area contributed by atoms with Crippen molar-refractivity contribution in [1.82, 2.24) is 0 Å². The zero-order valence-electron chi connectivity index (χ0n) is 9.97. The highest BCUT2D eigenvalue weighted by Crippen LogP contribution is 2.35. The molecule has 0 saturated carbocycles. The van der Waals surface area contributed by atoms with Gasteiger partial charge in [-0.1, -0.05) is 0 Å². The molecule has 4 heteroatoms. The molecule has 16 heavy (non-hydrogen) atoms. The minimum atomic E-state index is -2.14. The SMILES string of the molecule is [2H]C([2H])(Cl)c1cc2c3c(ccc(F)c3c1)NC2=O. The Morgan fingerprint density at radius 3 is 3.00 bits per heavy atom. The van der Waals surface area contributed by atoms with E-state index in [0.29, 0.717) is 11.1 Å². The predicted molar refractivity (Wildman–Crippen MR) is 61.4 cm³/mol. The molecule has 0 saturated heterocycles. The summed E-state index contributed by atoms with van der Waals surface area (Å²) in [6, 6.07) is 5.42. The van der Waals surface area contributed by atoms with Crippen LogP contribution in [0.2, 0.25) is 0 Å². The van der Waals surface area contributed by atoms with Crippen LogP contribution in [-0.2, 0) is 5.83 Å². The zero-order valence-corrected chi connectivity index (χ0v) is 8.73. The Hall–Kier alpha value is -1.61. The van der Waals surface area contributed by atoms with Crippen molar-refractivity contribution in [3.8, 4) is 0 Å². The van der Waals surface area contributed by atoms with E-state index in [9.17, 15) is 9.18 Å². The molecule has 0 aliphatic carbocycles. The monoisotopic (exact) mass is 237 g/mol. The number of hydrogen-bond acceptors (Lipinski definition) is 1. The van der Waals surface area contributed by atoms with Crippen molar-refractivity contribution in [3.63, 3.8) is 0 Å². The molecule has 0 atom stereocenters. The molecule has 1 N–H and O–H groups in total. The highest BCUT2D eigenvalue weighted by Gasteiger charge is 2.23. The van der Waals surface area contributed by atoms with Gasteiger partial charge >= 0.3 is 0 Å². The number of anilines is 1. The van der Waals surface area contributed by atoms with Crippen molar-refractivity contribution in [2.75, 3.05) is 5.32 Å². The summed E-state index contributed by atoms with van der Waals surface area (Å²) in [5.41, 5.74) is 0.856. The van der Waals surface area contributed by atoms with E-state index in [4.69, 9.17) is 14.3 Å². The minimum Gasteiger partial charge on any atom is -0.321 e. The van der Waals surface area contributed by atoms with Gasteiger partial charge in [0.2, 0.25) is 0 Å². The number of hydrogen-bond donors (Lipinski definition) is 1. The van der Waals surface area contributed by atoms with Gasteiger partial charge in [0.05, 0.1) is 5.56 Å². The number of nitrogens with one attached hydrogen (secondary N) is 1. The van der Waals surface area contributed by atoms with Crippen LogP contribution < -0.4 is 5.32 Å². The van der Waals surface area contributed by atoms with Gasteiger partial charge in [0, 0.05) is 25.0 Å². The lowest BCUT2D eigenvalue weighted by Gasteiger charge is -2.03. The third-order valence-electron chi connectivity index (χ3n) is 2.66. The zero-order chi connectivity index (χ0) is 13.1. The van der Waals surface area contributed by atoms with Gasteiger partial charge in [0.25, 0.3) is 5.91 Å². The van der Waals surface area contributed by atoms with E-state index in [1.54, 1.807) is 0 Å². The Kier molecular flexibility index (Phi) is 1.52. The van der Waals surface area contributed by atoms with Crippen LogP contribution in [0, 0.1) is 5.82 Å². The fourth-order valence-electron chi connectivity index (χ4n) is 1.98. The number of rotatable bonds is 1. The van der Waals surface area contributed by atoms with Crippen molar-refractivity contribution in [2.24, 2.45) is 0 Å². The molecule has 2 nitrogen and oxygen atoms in total. The number of halogens is 2. The molecule has 0 unspecified atom stereocenters. The molecule has 1 amide bonds. The number of benzene rings is 2. The van der Waals surface area contributed by atoms with Crippen molar-refractivity contribution < 1.29 is 11.9 Å². The van der Waals surface area contributed by atoms with Gasteiger partial charge in [-0.05, 0) is 29.8 Å². The molecular weight excluding hydrogens is 229 g/mol. The summed E-state index contributed by atoms with van der Waals surface area (Å²) in [5, 5.41) is 3.28. The summed E-state index contributed by atoms with van der Waals surface area (Å²) >= 11 is 5.58. The summed E-state index contributed by atoms with van der Waals surface area (Å²) in [4.78, 5) is 11.7. The fourth-order valence-corrected chi connectivity index (χ4v) is 2.09. The molecule has 1 heterocycles. The maximum absolute atomic E-state index is 13.8. The highest BCUT2D eigenvalue weighted by atomic mass is 35.5. The molecule has 3 rings (SSSR count). The predicted octanol–water partition coefficient (Wildman–Crippen LogP) is 3.28. The molecule has 0 spiro atoms. The van der Waals surface area contributed by atoms with Gasteiger partial charge in [0.15, 0.2) is 0 Å². The molecule has 1 aliphatic rings. The standard InChI is InChI=1S/C12H7ClFNO/c13-5-6-3-7-9(14)1-2-10-11(7)8(4-6)12(16)15-10/h1-4H,5H2,(H,15,16)/i5D2. The molecule has 0 aromatic heterocycles. The lowest BCUT2D eigenvalue weighted by molar-refractivity contribution is 0.103. The molecular formula is C12H7ClFNO. The van der Waals surface area contributed by atoms with Crippen molar-refractivity contribution in [2.45, 2.75) is 5.83 Å². The average Bonchev–Trinajstić information content (AvgIpc) is 2.61. The van der Waals surface area contributed by atoms with E-state index in [1.807, 2.05) is 0 Å². The Labute approximate surface area is 98.8 Å². The number of carbonyl (C=O) groups excluding carboxylic acids is 1. The van der Waals surface area contributed by atoms with Crippen LogP contribution in [0.1, 0.15) is 18.7 Å². The smallest absolute Gasteiger partial charge is 0.256 e. The largest absolute Gasteiger partial charge is 0.321 e. The molecule has 2 aromatic carbocycles. The highest BCUT2D eigenvalue weighted by molar-refractivity contribution is 6.24. The lowest BCUT2D eigenvalue weighted by Crippen LogP contribution is -2.04. The van der Waals surface area contributed by atoms with Crippen LogP contribution in [0.15, 0.2) is 24.3 Å². The van der Waals surface area contributed by atoms with Gasteiger partial charge in [-0.2, -0.15) is 0 Å². The maximum atomic E-state index is 13.8. The van der Waals surface area contributed by atoms with E-state index in [-0.39, 0.29) is 22.4 Å². The molecule has 0 fully saturated rings. The molecule has 0 bridgehead atoms. The quantitative estimate of drug-likeness (QED) is 0.758. The van der Waals surface area contributed by atoms with Crippen molar-refractivity contribution in [1.29, 1.82) is 0 Å². The number of carbonyl (C=O) groups is 1. The van der Waals surface area contributed by atoms with Crippen LogP contribution in [-0.4, -0.2) is 5.91 Å². The van der Waals surface area contributed by atoms with Crippen LogP contribution in [0.4, 0.5) is 10.1 Å². The second kappa shape index (κ2) is 3.19. The Morgan fingerprint density at radius 2 is 2.25 bits per heavy atom. The summed E-state index contributed by atoms with van der Waals surface area (Å²) < 4.78 is 28.7. The van der Waals surface area contributed by atoms with Gasteiger partial charge in [-0.25, -0.2) is 4.39 Å². The van der Waals surface area contributed by atoms with Crippen LogP contribution in [0.3, 0.4) is 0 Å². The first-order valence-electron chi connectivity index (χ1n) is 5.65. The Morgan fingerprint density at radius 1 is 1.44 bits per heavy atom. The molecule has 2 aromatic rings. The van der Waals surface area contributed by atoms with Gasteiger partial charge < -0.3 is 5.32 Å². The maximum Gasteiger partial charge on any atom is 0.256 e.